The van der Waals surface area contributed by atoms with E-state index in [0.717, 1.165) is 57.1 Å². The van der Waals surface area contributed by atoms with E-state index in [-0.39, 0.29) is 6.10 Å². The summed E-state index contributed by atoms with van der Waals surface area (Å²) in [7, 11) is 0. The smallest absolute Gasteiger partial charge is 0.120 e. The Morgan fingerprint density at radius 1 is 1.00 bits per heavy atom. The quantitative estimate of drug-likeness (QED) is 0.829. The number of aliphatic hydroxyl groups excluding tert-OH is 1. The molecule has 5 rings (SSSR count). The number of aromatic amines is 1. The Morgan fingerprint density at radius 2 is 1.86 bits per heavy atom. The number of likely N-dealkylation sites (tertiary alicyclic amines) is 2. The highest BCUT2D eigenvalue weighted by Crippen LogP contribution is 2.29. The molecule has 3 heterocycles. The number of rotatable bonds is 5. The second-order valence-electron chi connectivity index (χ2n) is 9.01. The van der Waals surface area contributed by atoms with Crippen LogP contribution in [-0.2, 0) is 6.54 Å². The van der Waals surface area contributed by atoms with Gasteiger partial charge < -0.3 is 19.7 Å². The molecule has 2 saturated heterocycles. The molecule has 5 heteroatoms. The number of H-pyrrole nitrogens is 1. The van der Waals surface area contributed by atoms with Crippen LogP contribution in [0.5, 0.6) is 5.75 Å². The highest BCUT2D eigenvalue weighted by atomic mass is 16.5. The van der Waals surface area contributed by atoms with E-state index in [0.29, 0.717) is 6.10 Å². The topological polar surface area (TPSA) is 51.7 Å². The van der Waals surface area contributed by atoms with Gasteiger partial charge in [-0.25, -0.2) is 0 Å². The Bertz CT molecular complexity index is 792. The van der Waals surface area contributed by atoms with Gasteiger partial charge in [0.2, 0.25) is 0 Å². The van der Waals surface area contributed by atoms with Gasteiger partial charge in [0, 0.05) is 48.8 Å². The van der Waals surface area contributed by atoms with Crippen molar-refractivity contribution in [2.24, 2.45) is 0 Å². The van der Waals surface area contributed by atoms with E-state index in [1.165, 1.54) is 48.9 Å². The number of hydrogen-bond acceptors (Lipinski definition) is 4. The van der Waals surface area contributed by atoms with Gasteiger partial charge >= 0.3 is 0 Å². The fourth-order valence-electron chi connectivity index (χ4n) is 5.05. The van der Waals surface area contributed by atoms with Crippen molar-refractivity contribution in [2.45, 2.75) is 69.7 Å². The summed E-state index contributed by atoms with van der Waals surface area (Å²) in [6, 6.07) is 9.52. The van der Waals surface area contributed by atoms with Crippen LogP contribution in [-0.4, -0.2) is 64.3 Å². The number of nitrogens with zero attached hydrogens (tertiary/aromatic N) is 2. The molecule has 1 atom stereocenters. The summed E-state index contributed by atoms with van der Waals surface area (Å²) >= 11 is 0. The molecule has 0 spiro atoms. The zero-order valence-electron chi connectivity index (χ0n) is 16.8. The van der Waals surface area contributed by atoms with Crippen molar-refractivity contribution in [2.75, 3.05) is 26.2 Å². The molecule has 152 valence electrons. The zero-order valence-corrected chi connectivity index (χ0v) is 16.8. The molecule has 2 aromatic rings. The molecule has 1 saturated carbocycles. The minimum atomic E-state index is -0.172. The molecule has 0 radical (unpaired) electrons. The van der Waals surface area contributed by atoms with E-state index in [2.05, 4.69) is 39.0 Å². The molecular weight excluding hydrogens is 350 g/mol. The molecule has 1 unspecified atom stereocenters. The van der Waals surface area contributed by atoms with Crippen LogP contribution in [0.15, 0.2) is 24.3 Å². The molecule has 0 amide bonds. The third-order valence-corrected chi connectivity index (χ3v) is 6.89. The Kier molecular flexibility index (Phi) is 5.31. The summed E-state index contributed by atoms with van der Waals surface area (Å²) in [5, 5.41) is 11.1. The second kappa shape index (κ2) is 8.05. The predicted octanol–water partition coefficient (Wildman–Crippen LogP) is 3.52. The van der Waals surface area contributed by atoms with Crippen molar-refractivity contribution < 1.29 is 9.84 Å². The first-order chi connectivity index (χ1) is 13.7. The van der Waals surface area contributed by atoms with Crippen LogP contribution < -0.4 is 4.74 Å². The number of nitrogens with one attached hydrogen (secondary N) is 1. The number of β-amino-alcohol motifs (C(OH)–C–C–N with tert-alkyl or cyclic N) is 1. The molecule has 3 aliphatic rings. The van der Waals surface area contributed by atoms with E-state index in [1.54, 1.807) is 0 Å². The van der Waals surface area contributed by atoms with Gasteiger partial charge in [-0.1, -0.05) is 6.42 Å². The van der Waals surface area contributed by atoms with Crippen molar-refractivity contribution in [3.63, 3.8) is 0 Å². The van der Waals surface area contributed by atoms with Gasteiger partial charge in [-0.05, 0) is 69.3 Å². The monoisotopic (exact) mass is 383 g/mol. The third kappa shape index (κ3) is 4.07. The Balaban J connectivity index is 1.19. The molecular formula is C23H33N3O2. The fourth-order valence-corrected chi connectivity index (χ4v) is 5.05. The molecule has 1 aromatic carbocycles. The lowest BCUT2D eigenvalue weighted by Gasteiger charge is -2.41. The Labute approximate surface area is 167 Å². The molecule has 28 heavy (non-hydrogen) atoms. The van der Waals surface area contributed by atoms with Gasteiger partial charge in [-0.2, -0.15) is 0 Å². The maximum absolute atomic E-state index is 9.88. The Hall–Kier alpha value is -1.56. The molecule has 5 nitrogen and oxygen atoms in total. The average Bonchev–Trinajstić information content (AvgIpc) is 3.03. The van der Waals surface area contributed by atoms with Crippen LogP contribution in [0.4, 0.5) is 0 Å². The lowest BCUT2D eigenvalue weighted by atomic mass is 9.90. The normalized spacial score (nSPS) is 25.8. The highest BCUT2D eigenvalue weighted by molar-refractivity contribution is 5.81. The van der Waals surface area contributed by atoms with E-state index >= 15 is 0 Å². The van der Waals surface area contributed by atoms with Crippen molar-refractivity contribution in [1.82, 2.24) is 14.8 Å². The SMILES string of the molecule is OC1CCCN(Cc2cc3cc(OC4CCN(C5CCC5)CC4)ccc3[nH]2)C1. The number of fused-ring (bicyclic) bond motifs is 1. The van der Waals surface area contributed by atoms with Crippen LogP contribution in [0.1, 0.15) is 50.6 Å². The van der Waals surface area contributed by atoms with Crippen LogP contribution in [0.25, 0.3) is 10.9 Å². The van der Waals surface area contributed by atoms with E-state index in [9.17, 15) is 5.11 Å². The number of aliphatic hydroxyl groups is 1. The number of aromatic nitrogens is 1. The predicted molar refractivity (Wildman–Crippen MR) is 112 cm³/mol. The van der Waals surface area contributed by atoms with Crippen molar-refractivity contribution in [1.29, 1.82) is 0 Å². The summed E-state index contributed by atoms with van der Waals surface area (Å²) in [5.41, 5.74) is 2.38. The van der Waals surface area contributed by atoms with Crippen LogP contribution in [0.3, 0.4) is 0 Å². The van der Waals surface area contributed by atoms with E-state index in [1.807, 2.05) is 0 Å². The Morgan fingerprint density at radius 3 is 2.61 bits per heavy atom. The zero-order chi connectivity index (χ0) is 18.9. The molecule has 2 aliphatic heterocycles. The van der Waals surface area contributed by atoms with Crippen molar-refractivity contribution in [3.8, 4) is 5.75 Å². The average molecular weight is 384 g/mol. The lowest BCUT2D eigenvalue weighted by Crippen LogP contribution is -2.46. The summed E-state index contributed by atoms with van der Waals surface area (Å²) in [6.45, 7) is 5.10. The van der Waals surface area contributed by atoms with Crippen molar-refractivity contribution in [3.05, 3.63) is 30.0 Å². The summed E-state index contributed by atoms with van der Waals surface area (Å²) in [5.74, 6) is 0.994. The maximum atomic E-state index is 9.88. The maximum Gasteiger partial charge on any atom is 0.120 e. The molecule has 3 fully saturated rings. The first kappa shape index (κ1) is 18.5. The minimum absolute atomic E-state index is 0.172. The minimum Gasteiger partial charge on any atom is -0.490 e. The second-order valence-corrected chi connectivity index (χ2v) is 9.01. The van der Waals surface area contributed by atoms with Gasteiger partial charge in [0.05, 0.1) is 6.10 Å². The largest absolute Gasteiger partial charge is 0.490 e. The molecule has 1 aliphatic carbocycles. The van der Waals surface area contributed by atoms with Gasteiger partial charge in [-0.3, -0.25) is 4.90 Å². The lowest BCUT2D eigenvalue weighted by molar-refractivity contribution is 0.0494. The fraction of sp³-hybridized carbons (Fsp3) is 0.652. The first-order valence-corrected chi connectivity index (χ1v) is 11.2. The molecule has 0 bridgehead atoms. The van der Waals surface area contributed by atoms with E-state index < -0.39 is 0 Å². The number of hydrogen-bond donors (Lipinski definition) is 2. The molecule has 1 aromatic heterocycles. The number of ether oxygens (including phenoxy) is 1. The number of piperidine rings is 2. The van der Waals surface area contributed by atoms with Gasteiger partial charge in [-0.15, -0.1) is 0 Å². The third-order valence-electron chi connectivity index (χ3n) is 6.89. The summed E-state index contributed by atoms with van der Waals surface area (Å²) < 4.78 is 6.33. The van der Waals surface area contributed by atoms with Crippen LogP contribution in [0.2, 0.25) is 0 Å². The summed E-state index contributed by atoms with van der Waals surface area (Å²) in [4.78, 5) is 8.54. The van der Waals surface area contributed by atoms with Crippen molar-refractivity contribution >= 4 is 10.9 Å². The first-order valence-electron chi connectivity index (χ1n) is 11.2. The van der Waals surface area contributed by atoms with Crippen LogP contribution >= 0.6 is 0 Å². The highest BCUT2D eigenvalue weighted by Gasteiger charge is 2.29. The summed E-state index contributed by atoms with van der Waals surface area (Å²) in [6.07, 6.45) is 8.69. The molecule has 2 N–H and O–H groups in total. The van der Waals surface area contributed by atoms with Gasteiger partial charge in [0.25, 0.3) is 0 Å². The van der Waals surface area contributed by atoms with Crippen LogP contribution in [0, 0.1) is 0 Å². The van der Waals surface area contributed by atoms with Gasteiger partial charge in [0.15, 0.2) is 0 Å². The number of benzene rings is 1. The standard InChI is InChI=1S/C23H33N3O2/c27-20-5-2-10-25(16-20)15-18-13-17-14-22(6-7-23(17)24-18)28-21-8-11-26(12-9-21)19-3-1-4-19/h6-7,13-14,19-21,24,27H,1-5,8-12,15-16H2. The van der Waals surface area contributed by atoms with Gasteiger partial charge in [0.1, 0.15) is 11.9 Å². The van der Waals surface area contributed by atoms with E-state index in [4.69, 9.17) is 4.74 Å².